The molecule has 0 saturated carbocycles. The Labute approximate surface area is 166 Å². The summed E-state index contributed by atoms with van der Waals surface area (Å²) in [5.74, 6) is -0.412. The first kappa shape index (κ1) is 19.9. The maximum Gasteiger partial charge on any atom is 0.280 e. The van der Waals surface area contributed by atoms with Gasteiger partial charge in [0.15, 0.2) is 11.5 Å². The number of anilines is 1. The van der Waals surface area contributed by atoms with Crippen LogP contribution in [-0.2, 0) is 14.8 Å². The van der Waals surface area contributed by atoms with E-state index < -0.39 is 15.9 Å². The Morgan fingerprint density at radius 1 is 1.25 bits per heavy atom. The van der Waals surface area contributed by atoms with Gasteiger partial charge >= 0.3 is 0 Å². The van der Waals surface area contributed by atoms with Gasteiger partial charge in [0.2, 0.25) is 10.0 Å². The molecule has 1 aliphatic heterocycles. The van der Waals surface area contributed by atoms with E-state index >= 15 is 0 Å². The number of hydrogen-bond donors (Lipinski definition) is 2. The van der Waals surface area contributed by atoms with Crippen molar-refractivity contribution in [2.75, 3.05) is 12.1 Å². The summed E-state index contributed by atoms with van der Waals surface area (Å²) in [4.78, 5) is 12.7. The molecule has 1 amide bonds. The van der Waals surface area contributed by atoms with Crippen LogP contribution in [0.15, 0.2) is 52.0 Å². The minimum absolute atomic E-state index is 0.0646. The van der Waals surface area contributed by atoms with Gasteiger partial charge < -0.3 is 9.84 Å². The topological polar surface area (TPSA) is 122 Å². The van der Waals surface area contributed by atoms with E-state index in [9.17, 15) is 18.3 Å². The van der Waals surface area contributed by atoms with Crippen LogP contribution in [0.25, 0.3) is 6.08 Å². The molecule has 8 nitrogen and oxygen atoms in total. The molecule has 2 aromatic rings. The Morgan fingerprint density at radius 2 is 1.89 bits per heavy atom. The SMILES string of the molecule is COc1cc(/C=C2/C(=O)N(c3ccc(S(N)(=O)=O)cc3)N=C2C)cc(Cl)c1O. The highest BCUT2D eigenvalue weighted by Crippen LogP contribution is 2.36. The van der Waals surface area contributed by atoms with Crippen LogP contribution in [0.3, 0.4) is 0 Å². The number of phenols is 1. The maximum absolute atomic E-state index is 12.8. The molecule has 1 heterocycles. The third kappa shape index (κ3) is 3.72. The first-order chi connectivity index (χ1) is 13.1. The number of sulfonamides is 1. The molecule has 0 saturated heterocycles. The van der Waals surface area contributed by atoms with E-state index in [4.69, 9.17) is 21.5 Å². The average Bonchev–Trinajstić information content (AvgIpc) is 2.92. The number of carbonyl (C=O) groups excluding carboxylic acids is 1. The van der Waals surface area contributed by atoms with Gasteiger partial charge in [-0.1, -0.05) is 11.6 Å². The van der Waals surface area contributed by atoms with E-state index in [1.165, 1.54) is 37.4 Å². The van der Waals surface area contributed by atoms with Crippen molar-refractivity contribution in [2.45, 2.75) is 11.8 Å². The predicted octanol–water partition coefficient (Wildman–Crippen LogP) is 2.51. The number of hydrazone groups is 1. The lowest BCUT2D eigenvalue weighted by Gasteiger charge is -2.12. The molecule has 2 aromatic carbocycles. The molecular formula is C18H16ClN3O5S. The number of hydrogen-bond acceptors (Lipinski definition) is 6. The molecule has 3 rings (SSSR count). The molecular weight excluding hydrogens is 406 g/mol. The number of halogens is 1. The minimum Gasteiger partial charge on any atom is -0.503 e. The number of amides is 1. The van der Waals surface area contributed by atoms with Crippen LogP contribution >= 0.6 is 11.6 Å². The number of ether oxygens (including phenoxy) is 1. The quantitative estimate of drug-likeness (QED) is 0.734. The van der Waals surface area contributed by atoms with Gasteiger partial charge in [-0.3, -0.25) is 4.79 Å². The number of primary sulfonamides is 1. The van der Waals surface area contributed by atoms with E-state index in [0.717, 1.165) is 5.01 Å². The van der Waals surface area contributed by atoms with E-state index in [1.54, 1.807) is 19.1 Å². The van der Waals surface area contributed by atoms with Crippen molar-refractivity contribution in [1.29, 1.82) is 0 Å². The Kier molecular flexibility index (Phi) is 5.16. The van der Waals surface area contributed by atoms with Crippen LogP contribution in [0.1, 0.15) is 12.5 Å². The lowest BCUT2D eigenvalue weighted by atomic mass is 10.1. The van der Waals surface area contributed by atoms with E-state index in [0.29, 0.717) is 22.5 Å². The number of nitrogens with zero attached hydrogens (tertiary/aromatic N) is 2. The van der Waals surface area contributed by atoms with Gasteiger partial charge in [0, 0.05) is 0 Å². The second kappa shape index (κ2) is 7.27. The third-order valence-corrected chi connectivity index (χ3v) is 5.27. The molecule has 0 radical (unpaired) electrons. The van der Waals surface area contributed by atoms with Crippen molar-refractivity contribution >= 4 is 45.0 Å². The molecule has 0 unspecified atom stereocenters. The van der Waals surface area contributed by atoms with Gasteiger partial charge in [-0.25, -0.2) is 13.6 Å². The molecule has 10 heteroatoms. The molecule has 3 N–H and O–H groups in total. The zero-order valence-corrected chi connectivity index (χ0v) is 16.5. The second-order valence-electron chi connectivity index (χ2n) is 5.95. The minimum atomic E-state index is -3.83. The molecule has 0 aromatic heterocycles. The van der Waals surface area contributed by atoms with Gasteiger partial charge in [0.05, 0.1) is 34.0 Å². The molecule has 0 spiro atoms. The summed E-state index contributed by atoms with van der Waals surface area (Å²) in [5.41, 5.74) is 1.72. The lowest BCUT2D eigenvalue weighted by molar-refractivity contribution is -0.114. The molecule has 28 heavy (non-hydrogen) atoms. The van der Waals surface area contributed by atoms with Crippen molar-refractivity contribution in [2.24, 2.45) is 10.2 Å². The highest BCUT2D eigenvalue weighted by atomic mass is 35.5. The highest BCUT2D eigenvalue weighted by molar-refractivity contribution is 7.89. The summed E-state index contributed by atoms with van der Waals surface area (Å²) in [6.45, 7) is 1.67. The summed E-state index contributed by atoms with van der Waals surface area (Å²) in [5, 5.41) is 20.4. The Bertz CT molecular complexity index is 1120. The number of benzene rings is 2. The van der Waals surface area contributed by atoms with E-state index in [1.807, 2.05) is 0 Å². The zero-order valence-electron chi connectivity index (χ0n) is 14.9. The largest absolute Gasteiger partial charge is 0.503 e. The summed E-state index contributed by atoms with van der Waals surface area (Å²) in [7, 11) is -2.44. The van der Waals surface area contributed by atoms with Crippen molar-refractivity contribution in [3.05, 3.63) is 52.6 Å². The Morgan fingerprint density at radius 3 is 2.46 bits per heavy atom. The average molecular weight is 422 g/mol. The van der Waals surface area contributed by atoms with Crippen molar-refractivity contribution in [3.8, 4) is 11.5 Å². The molecule has 0 fully saturated rings. The normalized spacial score (nSPS) is 15.9. The lowest BCUT2D eigenvalue weighted by Crippen LogP contribution is -2.21. The number of carbonyl (C=O) groups is 1. The molecule has 0 atom stereocenters. The molecule has 0 aliphatic carbocycles. The number of methoxy groups -OCH3 is 1. The smallest absolute Gasteiger partial charge is 0.280 e. The third-order valence-electron chi connectivity index (χ3n) is 4.05. The maximum atomic E-state index is 12.8. The fraction of sp³-hybridized carbons (Fsp3) is 0.111. The van der Waals surface area contributed by atoms with E-state index in [-0.39, 0.29) is 21.4 Å². The first-order valence-electron chi connectivity index (χ1n) is 7.93. The van der Waals surface area contributed by atoms with Crippen LogP contribution in [0.4, 0.5) is 5.69 Å². The van der Waals surface area contributed by atoms with Crippen molar-refractivity contribution in [3.63, 3.8) is 0 Å². The Hall–Kier alpha value is -2.88. The van der Waals surface area contributed by atoms with Crippen LogP contribution in [0, 0.1) is 0 Å². The number of nitrogens with two attached hydrogens (primary N) is 1. The molecule has 0 bridgehead atoms. The van der Waals surface area contributed by atoms with Crippen LogP contribution in [0.2, 0.25) is 5.02 Å². The number of phenolic OH excluding ortho intramolecular Hbond substituents is 1. The number of rotatable bonds is 4. The van der Waals surface area contributed by atoms with Gasteiger partial charge in [0.1, 0.15) is 0 Å². The first-order valence-corrected chi connectivity index (χ1v) is 9.85. The number of aromatic hydroxyl groups is 1. The monoisotopic (exact) mass is 421 g/mol. The second-order valence-corrected chi connectivity index (χ2v) is 7.92. The predicted molar refractivity (Wildman–Crippen MR) is 106 cm³/mol. The zero-order chi connectivity index (χ0) is 20.6. The van der Waals surface area contributed by atoms with Gasteiger partial charge in [-0.15, -0.1) is 0 Å². The summed E-state index contributed by atoms with van der Waals surface area (Å²) >= 11 is 5.99. The van der Waals surface area contributed by atoms with Crippen molar-refractivity contribution in [1.82, 2.24) is 0 Å². The fourth-order valence-corrected chi connectivity index (χ4v) is 3.37. The van der Waals surface area contributed by atoms with Crippen LogP contribution < -0.4 is 14.9 Å². The van der Waals surface area contributed by atoms with Gasteiger partial charge in [0.25, 0.3) is 5.91 Å². The van der Waals surface area contributed by atoms with Gasteiger partial charge in [-0.2, -0.15) is 10.1 Å². The molecule has 1 aliphatic rings. The summed E-state index contributed by atoms with van der Waals surface area (Å²) in [6.07, 6.45) is 1.58. The van der Waals surface area contributed by atoms with Crippen LogP contribution in [-0.4, -0.2) is 32.3 Å². The molecule has 146 valence electrons. The van der Waals surface area contributed by atoms with Crippen LogP contribution in [0.5, 0.6) is 11.5 Å². The Balaban J connectivity index is 1.95. The van der Waals surface area contributed by atoms with Crippen molar-refractivity contribution < 1.29 is 23.1 Å². The summed E-state index contributed by atoms with van der Waals surface area (Å²) in [6, 6.07) is 8.52. The standard InChI is InChI=1S/C18H16ClN3O5S/c1-10-14(7-11-8-15(19)17(23)16(9-11)27-2)18(24)22(21-10)12-3-5-13(6-4-12)28(20,25)26/h3-9,23H,1-2H3,(H2,20,25,26)/b14-7+. The highest BCUT2D eigenvalue weighted by Gasteiger charge is 2.29. The summed E-state index contributed by atoms with van der Waals surface area (Å²) < 4.78 is 27.8. The van der Waals surface area contributed by atoms with Gasteiger partial charge in [-0.05, 0) is 55.0 Å². The van der Waals surface area contributed by atoms with E-state index in [2.05, 4.69) is 5.10 Å². The fourth-order valence-electron chi connectivity index (χ4n) is 2.64.